The van der Waals surface area contributed by atoms with Gasteiger partial charge in [0.1, 0.15) is 0 Å². The largest absolute Gasteiger partial charge is 0.368 e. The van der Waals surface area contributed by atoms with Crippen molar-refractivity contribution in [2.24, 2.45) is 5.73 Å². The van der Waals surface area contributed by atoms with Gasteiger partial charge in [-0.25, -0.2) is 0 Å². The Bertz CT molecular complexity index is 948. The number of hydrogen-bond donors (Lipinski definition) is 3. The van der Waals surface area contributed by atoms with E-state index in [4.69, 9.17) is 10.3 Å². The van der Waals surface area contributed by atoms with Crippen LogP contribution >= 0.6 is 11.3 Å². The van der Waals surface area contributed by atoms with Crippen LogP contribution in [0.25, 0.3) is 10.6 Å². The highest BCUT2D eigenvalue weighted by Crippen LogP contribution is 2.25. The first kappa shape index (κ1) is 18.3. The van der Waals surface area contributed by atoms with Crippen molar-refractivity contribution in [3.63, 3.8) is 0 Å². The predicted molar refractivity (Wildman–Crippen MR) is 99.0 cm³/mol. The molecule has 2 heterocycles. The Morgan fingerprint density at radius 2 is 1.85 bits per heavy atom. The van der Waals surface area contributed by atoms with E-state index in [1.807, 2.05) is 17.5 Å². The molecule has 0 aliphatic heterocycles. The van der Waals surface area contributed by atoms with Crippen molar-refractivity contribution in [3.05, 3.63) is 64.7 Å². The number of hydrogen-bond acceptors (Lipinski definition) is 6. The summed E-state index contributed by atoms with van der Waals surface area (Å²) in [6, 6.07) is 12.0. The summed E-state index contributed by atoms with van der Waals surface area (Å²) in [6.07, 6.45) is 0. The number of benzene rings is 1. The molecular weight excluding hydrogens is 368 g/mol. The van der Waals surface area contributed by atoms with E-state index in [1.165, 1.54) is 11.3 Å². The van der Waals surface area contributed by atoms with Crippen molar-refractivity contribution in [2.45, 2.75) is 6.54 Å². The van der Waals surface area contributed by atoms with Crippen LogP contribution in [0.5, 0.6) is 0 Å². The van der Waals surface area contributed by atoms with E-state index in [9.17, 15) is 14.4 Å². The maximum atomic E-state index is 12.2. The number of rotatable bonds is 7. The summed E-state index contributed by atoms with van der Waals surface area (Å²) in [7, 11) is 0. The van der Waals surface area contributed by atoms with Gasteiger partial charge in [0.05, 0.1) is 11.4 Å². The summed E-state index contributed by atoms with van der Waals surface area (Å²) in [5.74, 6) is -0.822. The summed E-state index contributed by atoms with van der Waals surface area (Å²) >= 11 is 1.50. The molecule has 3 rings (SSSR count). The molecule has 9 heteroatoms. The number of primary amides is 1. The Hall–Kier alpha value is -3.46. The molecule has 0 saturated carbocycles. The van der Waals surface area contributed by atoms with Gasteiger partial charge in [0.15, 0.2) is 11.5 Å². The highest BCUT2D eigenvalue weighted by atomic mass is 32.1. The van der Waals surface area contributed by atoms with Crippen LogP contribution in [0, 0.1) is 0 Å². The van der Waals surface area contributed by atoms with Crippen LogP contribution < -0.4 is 16.4 Å². The third-order valence-electron chi connectivity index (χ3n) is 3.60. The molecule has 0 atom stereocenters. The highest BCUT2D eigenvalue weighted by Gasteiger charge is 2.14. The quantitative estimate of drug-likeness (QED) is 0.569. The molecule has 0 unspecified atom stereocenters. The van der Waals surface area contributed by atoms with Crippen molar-refractivity contribution in [3.8, 4) is 10.6 Å². The number of nitrogens with zero attached hydrogens (tertiary/aromatic N) is 1. The lowest BCUT2D eigenvalue weighted by Crippen LogP contribution is -2.33. The summed E-state index contributed by atoms with van der Waals surface area (Å²) in [5, 5.41) is 10.8. The number of carbonyl (C=O) groups is 3. The molecule has 0 saturated heterocycles. The molecule has 0 bridgehead atoms. The number of thiophene rings is 1. The van der Waals surface area contributed by atoms with Gasteiger partial charge in [-0.05, 0) is 29.1 Å². The lowest BCUT2D eigenvalue weighted by molar-refractivity contribution is -0.117. The second-order valence-electron chi connectivity index (χ2n) is 5.58. The molecule has 0 radical (unpaired) electrons. The standard InChI is InChI=1S/C18H16N4O4S/c19-16(23)10-21-17(24)12-5-3-11(4-6-12)9-20-18(25)13-8-14(26-22-13)15-2-1-7-27-15/h1-8H,9-10H2,(H2,19,23)(H,20,25)(H,21,24). The van der Waals surface area contributed by atoms with Crippen LogP contribution in [-0.4, -0.2) is 29.4 Å². The number of aromatic nitrogens is 1. The fraction of sp³-hybridized carbons (Fsp3) is 0.111. The smallest absolute Gasteiger partial charge is 0.273 e. The van der Waals surface area contributed by atoms with Gasteiger partial charge in [-0.3, -0.25) is 14.4 Å². The SMILES string of the molecule is NC(=O)CNC(=O)c1ccc(CNC(=O)c2cc(-c3cccs3)on2)cc1. The Kier molecular flexibility index (Phi) is 5.62. The molecule has 1 aromatic carbocycles. The number of nitrogens with two attached hydrogens (primary N) is 1. The zero-order valence-corrected chi connectivity index (χ0v) is 14.9. The van der Waals surface area contributed by atoms with E-state index in [2.05, 4.69) is 15.8 Å². The molecule has 0 fully saturated rings. The lowest BCUT2D eigenvalue weighted by Gasteiger charge is -2.06. The molecule has 0 aliphatic carbocycles. The molecule has 0 spiro atoms. The lowest BCUT2D eigenvalue weighted by atomic mass is 10.1. The topological polar surface area (TPSA) is 127 Å². The number of amides is 3. The van der Waals surface area contributed by atoms with Crippen LogP contribution in [0.1, 0.15) is 26.4 Å². The number of nitrogens with one attached hydrogen (secondary N) is 2. The van der Waals surface area contributed by atoms with Gasteiger partial charge in [-0.1, -0.05) is 23.4 Å². The summed E-state index contributed by atoms with van der Waals surface area (Å²) < 4.78 is 5.19. The van der Waals surface area contributed by atoms with E-state index in [0.717, 1.165) is 10.4 Å². The van der Waals surface area contributed by atoms with Crippen molar-refractivity contribution in [2.75, 3.05) is 6.54 Å². The normalized spacial score (nSPS) is 10.4. The van der Waals surface area contributed by atoms with Gasteiger partial charge >= 0.3 is 0 Å². The fourth-order valence-electron chi connectivity index (χ4n) is 2.23. The first-order chi connectivity index (χ1) is 13.0. The zero-order chi connectivity index (χ0) is 19.2. The Balaban J connectivity index is 1.54. The van der Waals surface area contributed by atoms with Gasteiger partial charge < -0.3 is 20.9 Å². The van der Waals surface area contributed by atoms with E-state index < -0.39 is 11.8 Å². The zero-order valence-electron chi connectivity index (χ0n) is 14.1. The van der Waals surface area contributed by atoms with Crippen molar-refractivity contribution < 1.29 is 18.9 Å². The molecule has 3 amide bonds. The second-order valence-corrected chi connectivity index (χ2v) is 6.53. The second kappa shape index (κ2) is 8.28. The molecule has 27 heavy (non-hydrogen) atoms. The highest BCUT2D eigenvalue weighted by molar-refractivity contribution is 7.13. The molecular formula is C18H16N4O4S. The maximum Gasteiger partial charge on any atom is 0.273 e. The van der Waals surface area contributed by atoms with Crippen LogP contribution in [0.15, 0.2) is 52.4 Å². The van der Waals surface area contributed by atoms with Crippen LogP contribution in [0.4, 0.5) is 0 Å². The third kappa shape index (κ3) is 4.79. The Morgan fingerprint density at radius 1 is 1.07 bits per heavy atom. The third-order valence-corrected chi connectivity index (χ3v) is 4.48. The van der Waals surface area contributed by atoms with Crippen molar-refractivity contribution in [1.29, 1.82) is 0 Å². The van der Waals surface area contributed by atoms with E-state index in [1.54, 1.807) is 30.3 Å². The molecule has 4 N–H and O–H groups in total. The minimum atomic E-state index is -0.613. The first-order valence-corrected chi connectivity index (χ1v) is 8.85. The van der Waals surface area contributed by atoms with Gasteiger partial charge in [0.25, 0.3) is 11.8 Å². The van der Waals surface area contributed by atoms with Gasteiger partial charge in [-0.15, -0.1) is 11.3 Å². The Morgan fingerprint density at radius 3 is 2.52 bits per heavy atom. The average molecular weight is 384 g/mol. The summed E-state index contributed by atoms with van der Waals surface area (Å²) in [5.41, 5.74) is 6.37. The van der Waals surface area contributed by atoms with Gasteiger partial charge in [0, 0.05) is 18.2 Å². The molecule has 3 aromatic rings. The van der Waals surface area contributed by atoms with Crippen LogP contribution in [0.3, 0.4) is 0 Å². The molecule has 2 aromatic heterocycles. The predicted octanol–water partition coefficient (Wildman–Crippen LogP) is 1.55. The maximum absolute atomic E-state index is 12.2. The van der Waals surface area contributed by atoms with Crippen LogP contribution in [-0.2, 0) is 11.3 Å². The summed E-state index contributed by atoms with van der Waals surface area (Å²) in [4.78, 5) is 35.6. The van der Waals surface area contributed by atoms with E-state index in [-0.39, 0.29) is 24.7 Å². The minimum Gasteiger partial charge on any atom is -0.368 e. The minimum absolute atomic E-state index is 0.195. The van der Waals surface area contributed by atoms with Crippen LogP contribution in [0.2, 0.25) is 0 Å². The fourth-order valence-corrected chi connectivity index (χ4v) is 2.91. The molecule has 138 valence electrons. The van der Waals surface area contributed by atoms with Crippen molar-refractivity contribution >= 4 is 29.1 Å². The number of carbonyl (C=O) groups excluding carboxylic acids is 3. The first-order valence-electron chi connectivity index (χ1n) is 7.97. The summed E-state index contributed by atoms with van der Waals surface area (Å²) in [6.45, 7) is 0.0466. The molecule has 8 nitrogen and oxygen atoms in total. The van der Waals surface area contributed by atoms with Gasteiger partial charge in [-0.2, -0.15) is 0 Å². The van der Waals surface area contributed by atoms with E-state index in [0.29, 0.717) is 11.3 Å². The monoisotopic (exact) mass is 384 g/mol. The van der Waals surface area contributed by atoms with Crippen molar-refractivity contribution in [1.82, 2.24) is 15.8 Å². The van der Waals surface area contributed by atoms with E-state index >= 15 is 0 Å². The average Bonchev–Trinajstić information content (AvgIpc) is 3.35. The molecule has 0 aliphatic rings. The van der Waals surface area contributed by atoms with Gasteiger partial charge in [0.2, 0.25) is 5.91 Å². The Labute approximate surface area is 158 Å².